The molecule has 3 heterocycles. The predicted octanol–water partition coefficient (Wildman–Crippen LogP) is 2.48. The van der Waals surface area contributed by atoms with Gasteiger partial charge in [-0.05, 0) is 43.0 Å². The summed E-state index contributed by atoms with van der Waals surface area (Å²) >= 11 is 12.1. The third-order valence-electron chi connectivity index (χ3n) is 9.76. The predicted molar refractivity (Wildman–Crippen MR) is 194 cm³/mol. The number of likely N-dealkylation sites (tertiary alicyclic amines) is 1. The number of hydrogen-bond donors (Lipinski definition) is 8. The molecule has 7 amide bonds. The van der Waals surface area contributed by atoms with Crippen LogP contribution in [0.2, 0.25) is 10.0 Å². The molecule has 0 aliphatic carbocycles. The van der Waals surface area contributed by atoms with Gasteiger partial charge in [-0.25, -0.2) is 27.6 Å². The summed E-state index contributed by atoms with van der Waals surface area (Å²) in [4.78, 5) is 81.5. The maximum Gasteiger partial charge on any atom is 0.547 e. The molecule has 24 heteroatoms. The van der Waals surface area contributed by atoms with Crippen molar-refractivity contribution in [3.63, 3.8) is 0 Å². The van der Waals surface area contributed by atoms with E-state index in [9.17, 15) is 67.4 Å². The fourth-order valence-electron chi connectivity index (χ4n) is 6.74. The smallest absolute Gasteiger partial charge is 0.534 e. The van der Waals surface area contributed by atoms with E-state index in [1.54, 1.807) is 0 Å². The van der Waals surface area contributed by atoms with Crippen molar-refractivity contribution in [2.75, 3.05) is 31.5 Å². The van der Waals surface area contributed by atoms with Crippen LogP contribution >= 0.6 is 23.2 Å². The van der Waals surface area contributed by atoms with Crippen LogP contribution in [0.25, 0.3) is 0 Å². The van der Waals surface area contributed by atoms with Gasteiger partial charge in [0.15, 0.2) is 28.9 Å². The Morgan fingerprint density at radius 2 is 1.57 bits per heavy atom. The molecule has 6 rings (SSSR count). The highest BCUT2D eigenvalue weighted by Crippen LogP contribution is 2.41. The highest BCUT2D eigenvalue weighted by atomic mass is 35.5. The Morgan fingerprint density at radius 3 is 2.24 bits per heavy atom. The van der Waals surface area contributed by atoms with Gasteiger partial charge in [0.05, 0.1) is 21.7 Å². The van der Waals surface area contributed by atoms with Crippen LogP contribution in [0.15, 0.2) is 30.3 Å². The minimum atomic E-state index is -2.09. The minimum Gasteiger partial charge on any atom is -0.534 e. The first-order chi connectivity index (χ1) is 27.4. The normalized spacial score (nSPS) is 17.7. The molecule has 0 saturated carbocycles. The number of hydrogen-bond acceptors (Lipinski definition) is 11. The van der Waals surface area contributed by atoms with Crippen LogP contribution in [0.3, 0.4) is 0 Å². The minimum absolute atomic E-state index is 0.0440. The van der Waals surface area contributed by atoms with Crippen LogP contribution in [-0.2, 0) is 20.8 Å². The standard InChI is InChI=1S/C34H30BCl2F3N6O12/c36-16-11-18(39)21(47)12-20(16)41-33(55)44-5-3-14(4-6-44)45-7-8-46(31(52)30(45)51)34(56)43-25(15-10-19(40)26(48)27(49)24(15)37)29(50)42-22-9-13-1-2-17(38)23(32(53)54)28(13)58-35(22)57/h1-2,10-12,14,22,25,47-49,57H,3-9H2,(H,41,55)(H,42,50)(H,43,56)(H,53,54)/t22-,25?/m0/s1. The van der Waals surface area contributed by atoms with Crippen molar-refractivity contribution < 1.29 is 72.0 Å². The highest BCUT2D eigenvalue weighted by Gasteiger charge is 2.44. The lowest BCUT2D eigenvalue weighted by Crippen LogP contribution is -2.62. The Labute approximate surface area is 334 Å². The second-order valence-electron chi connectivity index (χ2n) is 13.3. The van der Waals surface area contributed by atoms with Crippen LogP contribution in [-0.4, -0.2) is 121 Å². The number of carboxylic acids is 1. The van der Waals surface area contributed by atoms with Gasteiger partial charge < -0.3 is 55.9 Å². The molecular formula is C34H30BCl2F3N6O12. The van der Waals surface area contributed by atoms with E-state index in [1.807, 2.05) is 0 Å². The van der Waals surface area contributed by atoms with Gasteiger partial charge >= 0.3 is 37.0 Å². The number of amides is 7. The van der Waals surface area contributed by atoms with Crippen LogP contribution in [0.5, 0.6) is 23.0 Å². The summed E-state index contributed by atoms with van der Waals surface area (Å²) in [7, 11) is -2.00. The van der Waals surface area contributed by atoms with E-state index in [0.29, 0.717) is 11.0 Å². The summed E-state index contributed by atoms with van der Waals surface area (Å²) in [5, 5.41) is 55.8. The number of phenolic OH excluding ortho intramolecular Hbond substituents is 3. The molecule has 1 unspecified atom stereocenters. The number of urea groups is 2. The lowest BCUT2D eigenvalue weighted by Gasteiger charge is -2.41. The lowest BCUT2D eigenvalue weighted by atomic mass is 9.72. The molecule has 58 heavy (non-hydrogen) atoms. The summed E-state index contributed by atoms with van der Waals surface area (Å²) in [5.74, 6) is -14.2. The third-order valence-corrected chi connectivity index (χ3v) is 10.5. The molecule has 3 aromatic rings. The SMILES string of the molecule is O=C(O)c1c(F)ccc2c1OB(O)[C@@H](NC(=O)C(NC(=O)N1CCN(C3CCN(C(=O)Nc4cc(O)c(F)cc4Cl)CC3)C(=O)C1=O)c1cc(F)c(O)c(O)c1Cl)C2. The number of benzene rings is 3. The van der Waals surface area contributed by atoms with Crippen molar-refractivity contribution in [2.24, 2.45) is 0 Å². The molecule has 0 spiro atoms. The van der Waals surface area contributed by atoms with E-state index < -0.39 is 124 Å². The van der Waals surface area contributed by atoms with Gasteiger partial charge in [0.2, 0.25) is 5.91 Å². The van der Waals surface area contributed by atoms with E-state index in [4.69, 9.17) is 27.9 Å². The van der Waals surface area contributed by atoms with Crippen LogP contribution in [0, 0.1) is 17.5 Å². The Bertz CT molecular complexity index is 2250. The first-order valence-electron chi connectivity index (χ1n) is 17.1. The second-order valence-corrected chi connectivity index (χ2v) is 14.1. The number of imide groups is 1. The quantitative estimate of drug-likeness (QED) is 0.0970. The van der Waals surface area contributed by atoms with Gasteiger partial charge in [-0.2, -0.15) is 0 Å². The molecule has 0 aromatic heterocycles. The largest absolute Gasteiger partial charge is 0.547 e. The number of fused-ring (bicyclic) bond motifs is 1. The zero-order valence-corrected chi connectivity index (χ0v) is 31.0. The topological polar surface area (TPSA) is 259 Å². The molecule has 2 fully saturated rings. The molecule has 3 aliphatic rings. The Balaban J connectivity index is 1.14. The van der Waals surface area contributed by atoms with Crippen molar-refractivity contribution in [3.8, 4) is 23.0 Å². The number of anilines is 1. The number of carbonyl (C=O) groups is 6. The number of piperazine rings is 1. The van der Waals surface area contributed by atoms with Crippen molar-refractivity contribution in [2.45, 2.75) is 37.3 Å². The fraction of sp³-hybridized carbons (Fsp3) is 0.294. The zero-order valence-electron chi connectivity index (χ0n) is 29.5. The molecule has 0 bridgehead atoms. The van der Waals surface area contributed by atoms with Crippen LogP contribution in [0.4, 0.5) is 28.4 Å². The first-order valence-corrected chi connectivity index (χ1v) is 17.9. The molecule has 306 valence electrons. The van der Waals surface area contributed by atoms with Gasteiger partial charge in [0.1, 0.15) is 23.2 Å². The second kappa shape index (κ2) is 16.4. The van der Waals surface area contributed by atoms with Gasteiger partial charge in [-0.15, -0.1) is 0 Å². The lowest BCUT2D eigenvalue weighted by molar-refractivity contribution is -0.156. The van der Waals surface area contributed by atoms with E-state index in [-0.39, 0.29) is 55.2 Å². The number of nitrogens with zero attached hydrogens (tertiary/aromatic N) is 3. The average Bonchev–Trinajstić information content (AvgIpc) is 3.17. The van der Waals surface area contributed by atoms with E-state index in [2.05, 4.69) is 16.0 Å². The molecule has 3 aromatic carbocycles. The molecular weight excluding hydrogens is 823 g/mol. The van der Waals surface area contributed by atoms with E-state index in [1.165, 1.54) is 9.80 Å². The number of piperidine rings is 1. The Kier molecular flexibility index (Phi) is 11.7. The molecule has 8 N–H and O–H groups in total. The maximum atomic E-state index is 14.7. The van der Waals surface area contributed by atoms with Crippen molar-refractivity contribution >= 4 is 71.8 Å². The van der Waals surface area contributed by atoms with Crippen LogP contribution < -0.4 is 20.6 Å². The van der Waals surface area contributed by atoms with Gasteiger partial charge in [0, 0.05) is 43.9 Å². The molecule has 0 radical (unpaired) electrons. The van der Waals surface area contributed by atoms with Crippen LogP contribution in [0.1, 0.15) is 40.4 Å². The average molecular weight is 853 g/mol. The van der Waals surface area contributed by atoms with E-state index >= 15 is 0 Å². The maximum absolute atomic E-state index is 14.7. The highest BCUT2D eigenvalue weighted by molar-refractivity contribution is 6.47. The number of aromatic hydroxyl groups is 3. The Hall–Kier alpha value is -6.13. The van der Waals surface area contributed by atoms with Crippen molar-refractivity contribution in [1.82, 2.24) is 25.3 Å². The first kappa shape index (κ1) is 41.5. The van der Waals surface area contributed by atoms with Gasteiger partial charge in [-0.3, -0.25) is 19.3 Å². The van der Waals surface area contributed by atoms with Gasteiger partial charge in [0.25, 0.3) is 0 Å². The summed E-state index contributed by atoms with van der Waals surface area (Å²) in [5.41, 5.74) is -1.52. The molecule has 2 atom stereocenters. The van der Waals surface area contributed by atoms with E-state index in [0.717, 1.165) is 24.3 Å². The van der Waals surface area contributed by atoms with Crippen molar-refractivity contribution in [1.29, 1.82) is 0 Å². The number of carboxylic acid groups (broad SMARTS) is 1. The number of phenols is 3. The van der Waals surface area contributed by atoms with Gasteiger partial charge in [-0.1, -0.05) is 29.3 Å². The number of aromatic carboxylic acids is 1. The number of carbonyl (C=O) groups excluding carboxylic acids is 5. The van der Waals surface area contributed by atoms with Crippen molar-refractivity contribution in [3.05, 3.63) is 74.5 Å². The summed E-state index contributed by atoms with van der Waals surface area (Å²) in [6, 6.07) is -0.390. The summed E-state index contributed by atoms with van der Waals surface area (Å²) in [6.07, 6.45) is 0.0506. The Morgan fingerprint density at radius 1 is 0.879 bits per heavy atom. The summed E-state index contributed by atoms with van der Waals surface area (Å²) < 4.78 is 47.7. The number of rotatable bonds is 7. The summed E-state index contributed by atoms with van der Waals surface area (Å²) in [6.45, 7) is -0.396. The number of halogens is 5. The zero-order chi connectivity index (χ0) is 42.3. The molecule has 3 aliphatic heterocycles. The number of nitrogens with one attached hydrogen (secondary N) is 3. The fourth-order valence-corrected chi connectivity index (χ4v) is 7.19. The monoisotopic (exact) mass is 852 g/mol. The molecule has 2 saturated heterocycles. The molecule has 18 nitrogen and oxygen atoms in total. The third kappa shape index (κ3) is 8.02.